The summed E-state index contributed by atoms with van der Waals surface area (Å²) in [5.41, 5.74) is 4.25. The zero-order valence-electron chi connectivity index (χ0n) is 21.1. The molecule has 0 aliphatic carbocycles. The van der Waals surface area contributed by atoms with Gasteiger partial charge in [0.15, 0.2) is 0 Å². The van der Waals surface area contributed by atoms with Crippen molar-refractivity contribution in [1.29, 1.82) is 0 Å². The number of rotatable bonds is 9. The van der Waals surface area contributed by atoms with Crippen molar-refractivity contribution in [2.45, 2.75) is 30.3 Å². The first-order chi connectivity index (χ1) is 18.5. The minimum absolute atomic E-state index is 0.422. The van der Waals surface area contributed by atoms with Gasteiger partial charge in [-0.15, -0.1) is 5.10 Å². The van der Waals surface area contributed by atoms with Crippen LogP contribution < -0.4 is 10.1 Å². The Morgan fingerprint density at radius 1 is 1.05 bits per heavy atom. The van der Waals surface area contributed by atoms with Gasteiger partial charge in [-0.25, -0.2) is 9.48 Å². The minimum atomic E-state index is -0.501. The van der Waals surface area contributed by atoms with E-state index in [1.807, 2.05) is 73.7 Å². The van der Waals surface area contributed by atoms with E-state index in [1.54, 1.807) is 4.68 Å². The molecule has 9 heteroatoms. The molecular formula is C29H27ClN4O3S. The highest BCUT2D eigenvalue weighted by Crippen LogP contribution is 2.37. The van der Waals surface area contributed by atoms with E-state index in [9.17, 15) is 4.79 Å². The SMILES string of the molecule is COC(=O)C1=C(C)Nc2nc(SCc3ccccc3Cl)nn2C1c1ccc(OCCc2ccccc2)cc1. The van der Waals surface area contributed by atoms with Crippen LogP contribution in [0.15, 0.2) is 95.3 Å². The summed E-state index contributed by atoms with van der Waals surface area (Å²) >= 11 is 7.80. The van der Waals surface area contributed by atoms with Crippen LogP contribution in [-0.2, 0) is 21.7 Å². The molecule has 194 valence electrons. The van der Waals surface area contributed by atoms with E-state index in [-0.39, 0.29) is 0 Å². The summed E-state index contributed by atoms with van der Waals surface area (Å²) < 4.78 is 12.8. The molecule has 0 amide bonds. The number of nitrogens with one attached hydrogen (secondary N) is 1. The van der Waals surface area contributed by atoms with Crippen LogP contribution >= 0.6 is 23.4 Å². The fourth-order valence-electron chi connectivity index (χ4n) is 4.31. The van der Waals surface area contributed by atoms with Crippen molar-refractivity contribution >= 4 is 35.3 Å². The van der Waals surface area contributed by atoms with Gasteiger partial charge in [-0.2, -0.15) is 4.98 Å². The van der Waals surface area contributed by atoms with Gasteiger partial charge in [-0.05, 0) is 41.8 Å². The molecule has 0 fully saturated rings. The number of aromatic nitrogens is 3. The Bertz CT molecular complexity index is 1450. The number of esters is 1. The second kappa shape index (κ2) is 11.8. The number of hydrogen-bond acceptors (Lipinski definition) is 7. The Labute approximate surface area is 230 Å². The Hall–Kier alpha value is -3.75. The van der Waals surface area contributed by atoms with Gasteiger partial charge >= 0.3 is 5.97 Å². The van der Waals surface area contributed by atoms with Gasteiger partial charge < -0.3 is 14.8 Å². The molecule has 0 radical (unpaired) electrons. The summed E-state index contributed by atoms with van der Waals surface area (Å²) in [7, 11) is 1.38. The van der Waals surface area contributed by atoms with Gasteiger partial charge in [0.1, 0.15) is 11.8 Å². The van der Waals surface area contributed by atoms with Crippen LogP contribution in [0.1, 0.15) is 29.7 Å². The van der Waals surface area contributed by atoms with E-state index >= 15 is 0 Å². The van der Waals surface area contributed by atoms with Crippen LogP contribution in [0.25, 0.3) is 0 Å². The highest BCUT2D eigenvalue weighted by atomic mass is 35.5. The van der Waals surface area contributed by atoms with Gasteiger partial charge in [-0.1, -0.05) is 84.0 Å². The lowest BCUT2D eigenvalue weighted by atomic mass is 9.96. The van der Waals surface area contributed by atoms with Gasteiger partial charge in [0.25, 0.3) is 0 Å². The van der Waals surface area contributed by atoms with E-state index in [0.29, 0.717) is 39.8 Å². The number of ether oxygens (including phenoxy) is 2. The van der Waals surface area contributed by atoms with Crippen molar-refractivity contribution < 1.29 is 14.3 Å². The Balaban J connectivity index is 1.37. The number of nitrogens with zero attached hydrogens (tertiary/aromatic N) is 3. The first-order valence-electron chi connectivity index (χ1n) is 12.2. The fourth-order valence-corrected chi connectivity index (χ4v) is 5.43. The maximum absolute atomic E-state index is 12.8. The summed E-state index contributed by atoms with van der Waals surface area (Å²) in [6.45, 7) is 2.41. The van der Waals surface area contributed by atoms with Gasteiger partial charge in [0.2, 0.25) is 11.1 Å². The molecule has 1 atom stereocenters. The zero-order chi connectivity index (χ0) is 26.5. The monoisotopic (exact) mass is 546 g/mol. The van der Waals surface area contributed by atoms with Crippen LogP contribution in [-0.4, -0.2) is 34.5 Å². The van der Waals surface area contributed by atoms with Gasteiger partial charge in [0, 0.05) is 22.9 Å². The van der Waals surface area contributed by atoms with Crippen molar-refractivity contribution in [3.63, 3.8) is 0 Å². The highest BCUT2D eigenvalue weighted by Gasteiger charge is 2.35. The number of thioether (sulfide) groups is 1. The van der Waals surface area contributed by atoms with E-state index in [0.717, 1.165) is 23.3 Å². The quantitative estimate of drug-likeness (QED) is 0.195. The first-order valence-corrected chi connectivity index (χ1v) is 13.6. The molecule has 3 aromatic carbocycles. The van der Waals surface area contributed by atoms with Crippen molar-refractivity contribution in [3.8, 4) is 5.75 Å². The number of benzene rings is 3. The molecule has 1 N–H and O–H groups in total. The molecule has 4 aromatic rings. The Morgan fingerprint density at radius 3 is 2.53 bits per heavy atom. The molecule has 0 bridgehead atoms. The minimum Gasteiger partial charge on any atom is -0.493 e. The Morgan fingerprint density at radius 2 is 1.79 bits per heavy atom. The van der Waals surface area contributed by atoms with E-state index < -0.39 is 12.0 Å². The maximum Gasteiger partial charge on any atom is 0.338 e. The Kier molecular flexibility index (Phi) is 8.00. The first kappa shape index (κ1) is 25.9. The summed E-state index contributed by atoms with van der Waals surface area (Å²) in [6.07, 6.45) is 0.822. The second-order valence-corrected chi connectivity index (χ2v) is 10.1. The summed E-state index contributed by atoms with van der Waals surface area (Å²) in [4.78, 5) is 17.5. The zero-order valence-corrected chi connectivity index (χ0v) is 22.6. The summed E-state index contributed by atoms with van der Waals surface area (Å²) in [5.74, 6) is 1.52. The molecule has 38 heavy (non-hydrogen) atoms. The second-order valence-electron chi connectivity index (χ2n) is 8.75. The lowest BCUT2D eigenvalue weighted by molar-refractivity contribution is -0.136. The number of fused-ring (bicyclic) bond motifs is 1. The normalized spacial score (nSPS) is 14.6. The van der Waals surface area contributed by atoms with E-state index in [4.69, 9.17) is 26.2 Å². The fraction of sp³-hybridized carbons (Fsp3) is 0.207. The molecule has 0 spiro atoms. The third-order valence-corrected chi connectivity index (χ3v) is 7.51. The molecule has 2 heterocycles. The standard InChI is InChI=1S/C29H27ClN4O3S/c1-19-25(27(35)36-2)26(21-12-14-23(15-13-21)37-17-16-20-8-4-3-5-9-20)34-28(31-19)32-29(33-34)38-18-22-10-6-7-11-24(22)30/h3-15,26H,16-18H2,1-2H3,(H,31,32,33). The lowest BCUT2D eigenvalue weighted by Crippen LogP contribution is -2.29. The average Bonchev–Trinajstić information content (AvgIpc) is 3.35. The number of hydrogen-bond donors (Lipinski definition) is 1. The van der Waals surface area contributed by atoms with Gasteiger partial charge in [0.05, 0.1) is 19.3 Å². The number of carbonyl (C=O) groups is 1. The van der Waals surface area contributed by atoms with Crippen molar-refractivity contribution in [3.05, 3.63) is 112 Å². The number of allylic oxidation sites excluding steroid dienone is 1. The maximum atomic E-state index is 12.8. The number of anilines is 1. The molecule has 7 nitrogen and oxygen atoms in total. The predicted octanol–water partition coefficient (Wildman–Crippen LogP) is 6.31. The molecule has 1 aliphatic rings. The average molecular weight is 547 g/mol. The lowest BCUT2D eigenvalue weighted by Gasteiger charge is -2.27. The van der Waals surface area contributed by atoms with Crippen molar-refractivity contribution in [2.24, 2.45) is 0 Å². The molecule has 0 saturated carbocycles. The van der Waals surface area contributed by atoms with Gasteiger partial charge in [-0.3, -0.25) is 0 Å². The third kappa shape index (κ3) is 5.71. The molecule has 1 aromatic heterocycles. The van der Waals surface area contributed by atoms with Crippen LogP contribution in [0.4, 0.5) is 5.95 Å². The van der Waals surface area contributed by atoms with Crippen LogP contribution in [0, 0.1) is 0 Å². The van der Waals surface area contributed by atoms with E-state index in [1.165, 1.54) is 24.4 Å². The molecule has 5 rings (SSSR count). The van der Waals surface area contributed by atoms with Crippen LogP contribution in [0.5, 0.6) is 5.75 Å². The number of carbonyl (C=O) groups excluding carboxylic acids is 1. The van der Waals surface area contributed by atoms with Crippen molar-refractivity contribution in [2.75, 3.05) is 19.0 Å². The number of methoxy groups -OCH3 is 1. The molecular weight excluding hydrogens is 520 g/mol. The largest absolute Gasteiger partial charge is 0.493 e. The van der Waals surface area contributed by atoms with E-state index in [2.05, 4.69) is 22.4 Å². The summed E-state index contributed by atoms with van der Waals surface area (Å²) in [5, 5.41) is 9.25. The summed E-state index contributed by atoms with van der Waals surface area (Å²) in [6, 6.07) is 25.2. The van der Waals surface area contributed by atoms with Crippen LogP contribution in [0.3, 0.4) is 0 Å². The molecule has 1 unspecified atom stereocenters. The smallest absolute Gasteiger partial charge is 0.338 e. The third-order valence-electron chi connectivity index (χ3n) is 6.25. The highest BCUT2D eigenvalue weighted by molar-refractivity contribution is 7.98. The van der Waals surface area contributed by atoms with Crippen molar-refractivity contribution in [1.82, 2.24) is 14.8 Å². The molecule has 1 aliphatic heterocycles. The topological polar surface area (TPSA) is 78.3 Å². The van der Waals surface area contributed by atoms with Crippen LogP contribution in [0.2, 0.25) is 5.02 Å². The molecule has 0 saturated heterocycles. The number of halogens is 1. The predicted molar refractivity (Wildman–Crippen MR) is 150 cm³/mol.